The minimum absolute atomic E-state index is 0.00220. The van der Waals surface area contributed by atoms with Gasteiger partial charge in [-0.1, -0.05) is 70.6 Å². The van der Waals surface area contributed by atoms with Crippen LogP contribution in [0.2, 0.25) is 0 Å². The van der Waals surface area contributed by atoms with Gasteiger partial charge in [-0.05, 0) is 116 Å². The average molecular weight is 512 g/mol. The number of ether oxygens (including phenoxy) is 2. The van der Waals surface area contributed by atoms with E-state index >= 15 is 0 Å². The molecule has 1 saturated heterocycles. The number of nitrogens with zero attached hydrogens (tertiary/aromatic N) is 3. The summed E-state index contributed by atoms with van der Waals surface area (Å²) in [6.45, 7) is 13.2. The van der Waals surface area contributed by atoms with Crippen molar-refractivity contribution in [2.24, 2.45) is 51.5 Å². The Morgan fingerprint density at radius 3 is 2.62 bits per heavy atom. The van der Waals surface area contributed by atoms with E-state index in [1.165, 1.54) is 63.4 Å². The molecule has 5 rings (SSSR count). The molecule has 5 heteroatoms. The van der Waals surface area contributed by atoms with Crippen LogP contribution in [-0.4, -0.2) is 25.0 Å². The maximum absolute atomic E-state index is 9.61. The van der Waals surface area contributed by atoms with Crippen molar-refractivity contribution in [2.45, 2.75) is 137 Å². The van der Waals surface area contributed by atoms with Crippen molar-refractivity contribution >= 4 is 0 Å². The molecule has 0 spiro atoms. The first-order chi connectivity index (χ1) is 17.8. The second-order valence-electron chi connectivity index (χ2n) is 14.4. The third-order valence-corrected chi connectivity index (χ3v) is 12.0. The largest absolute Gasteiger partial charge is 0.353 e. The van der Waals surface area contributed by atoms with Gasteiger partial charge in [-0.25, -0.2) is 0 Å². The van der Waals surface area contributed by atoms with E-state index < -0.39 is 0 Å². The molecule has 4 fully saturated rings. The second kappa shape index (κ2) is 11.2. The molecule has 5 nitrogen and oxygen atoms in total. The molecular weight excluding hydrogens is 458 g/mol. The molecule has 3 saturated carbocycles. The normalized spacial score (nSPS) is 44.3. The molecule has 0 aromatic rings. The Kier molecular flexibility index (Phi) is 8.35. The second-order valence-corrected chi connectivity index (χ2v) is 14.4. The van der Waals surface area contributed by atoms with Crippen LogP contribution in [0, 0.1) is 46.3 Å². The Morgan fingerprint density at radius 1 is 1.05 bits per heavy atom. The molecular formula is C32H53N3O2. The Morgan fingerprint density at radius 2 is 1.89 bits per heavy atom. The number of azide groups is 1. The Hall–Kier alpha value is -1.03. The van der Waals surface area contributed by atoms with Crippen molar-refractivity contribution < 1.29 is 9.47 Å². The topological polar surface area (TPSA) is 67.2 Å². The summed E-state index contributed by atoms with van der Waals surface area (Å²) in [6.07, 6.45) is 18.7. The van der Waals surface area contributed by atoms with E-state index in [4.69, 9.17) is 9.47 Å². The molecule has 0 aromatic carbocycles. The van der Waals surface area contributed by atoms with Crippen LogP contribution in [0.3, 0.4) is 0 Å². The van der Waals surface area contributed by atoms with Crippen LogP contribution >= 0.6 is 0 Å². The lowest BCUT2D eigenvalue weighted by Crippen LogP contribution is -2.54. The lowest BCUT2D eigenvalue weighted by atomic mass is 9.46. The Labute approximate surface area is 226 Å². The van der Waals surface area contributed by atoms with E-state index in [1.54, 1.807) is 0 Å². The first-order valence-electron chi connectivity index (χ1n) is 15.8. The summed E-state index contributed by atoms with van der Waals surface area (Å²) in [5.41, 5.74) is 11.7. The first kappa shape index (κ1) is 27.5. The van der Waals surface area contributed by atoms with E-state index in [2.05, 4.69) is 50.7 Å². The fraction of sp³-hybridized carbons (Fsp3) is 0.938. The van der Waals surface area contributed by atoms with Crippen molar-refractivity contribution in [1.29, 1.82) is 0 Å². The van der Waals surface area contributed by atoms with E-state index in [9.17, 15) is 5.53 Å². The van der Waals surface area contributed by atoms with Crippen LogP contribution in [0.5, 0.6) is 0 Å². The van der Waals surface area contributed by atoms with Gasteiger partial charge in [0.15, 0.2) is 6.29 Å². The molecule has 1 unspecified atom stereocenters. The highest BCUT2D eigenvalue weighted by Crippen LogP contribution is 2.67. The molecule has 208 valence electrons. The zero-order chi connectivity index (χ0) is 26.2. The van der Waals surface area contributed by atoms with E-state index in [-0.39, 0.29) is 23.9 Å². The smallest absolute Gasteiger partial charge is 0.157 e. The Balaban J connectivity index is 1.34. The van der Waals surface area contributed by atoms with Gasteiger partial charge in [-0.3, -0.25) is 0 Å². The van der Waals surface area contributed by atoms with Crippen LogP contribution in [0.1, 0.15) is 118 Å². The van der Waals surface area contributed by atoms with Gasteiger partial charge in [-0.2, -0.15) is 0 Å². The molecule has 5 aliphatic rings. The van der Waals surface area contributed by atoms with Crippen LogP contribution in [0.25, 0.3) is 10.4 Å². The molecule has 4 aliphatic carbocycles. The molecule has 0 amide bonds. The molecule has 10 atom stereocenters. The van der Waals surface area contributed by atoms with Crippen LogP contribution < -0.4 is 0 Å². The van der Waals surface area contributed by atoms with Gasteiger partial charge in [-0.15, -0.1) is 0 Å². The maximum atomic E-state index is 9.61. The summed E-state index contributed by atoms with van der Waals surface area (Å²) in [6, 6.07) is 0.00220. The monoisotopic (exact) mass is 511 g/mol. The van der Waals surface area contributed by atoms with Gasteiger partial charge >= 0.3 is 0 Å². The van der Waals surface area contributed by atoms with Crippen molar-refractivity contribution in [3.63, 3.8) is 0 Å². The molecule has 0 N–H and O–H groups in total. The van der Waals surface area contributed by atoms with Crippen molar-refractivity contribution in [3.8, 4) is 0 Å². The van der Waals surface area contributed by atoms with Gasteiger partial charge in [0.1, 0.15) is 0 Å². The third-order valence-electron chi connectivity index (χ3n) is 12.0. The summed E-state index contributed by atoms with van der Waals surface area (Å²) < 4.78 is 12.4. The molecule has 0 aromatic heterocycles. The van der Waals surface area contributed by atoms with Crippen molar-refractivity contribution in [2.75, 3.05) is 6.61 Å². The van der Waals surface area contributed by atoms with E-state index in [0.29, 0.717) is 23.2 Å². The van der Waals surface area contributed by atoms with Crippen molar-refractivity contribution in [1.82, 2.24) is 0 Å². The van der Waals surface area contributed by atoms with Gasteiger partial charge < -0.3 is 9.47 Å². The number of rotatable bonds is 8. The van der Waals surface area contributed by atoms with Gasteiger partial charge in [0.2, 0.25) is 0 Å². The van der Waals surface area contributed by atoms with Gasteiger partial charge in [0, 0.05) is 11.5 Å². The predicted octanol–water partition coefficient (Wildman–Crippen LogP) is 9.23. The number of hydrogen-bond acceptors (Lipinski definition) is 3. The minimum Gasteiger partial charge on any atom is -0.353 e. The molecule has 37 heavy (non-hydrogen) atoms. The molecule has 0 radical (unpaired) electrons. The fourth-order valence-electron chi connectivity index (χ4n) is 9.96. The summed E-state index contributed by atoms with van der Waals surface area (Å²) in [4.78, 5) is 3.40. The predicted molar refractivity (Wildman–Crippen MR) is 150 cm³/mol. The highest BCUT2D eigenvalue weighted by atomic mass is 16.7. The SMILES string of the molecule is CC(C)CCC[C@@H](C)[C@H]1CC[C@H]2[C@@H]3[C@@H](N=[N+]=[N-])C=C4C[C@@H](OC5CCCCO5)CC[C@]4(C)[C@H]3CC[C@]12C. The summed E-state index contributed by atoms with van der Waals surface area (Å²) in [5.74, 6) is 4.22. The Bertz CT molecular complexity index is 875. The molecule has 1 aliphatic heterocycles. The lowest BCUT2D eigenvalue weighted by molar-refractivity contribution is -0.195. The van der Waals surface area contributed by atoms with Crippen LogP contribution in [0.15, 0.2) is 16.8 Å². The summed E-state index contributed by atoms with van der Waals surface area (Å²) >= 11 is 0. The highest BCUT2D eigenvalue weighted by Gasteiger charge is 2.61. The lowest BCUT2D eigenvalue weighted by Gasteiger charge is -2.60. The summed E-state index contributed by atoms with van der Waals surface area (Å²) in [7, 11) is 0. The maximum Gasteiger partial charge on any atom is 0.157 e. The van der Waals surface area contributed by atoms with Gasteiger partial charge in [0.05, 0.1) is 12.1 Å². The molecule has 0 bridgehead atoms. The first-order valence-corrected chi connectivity index (χ1v) is 15.8. The van der Waals surface area contributed by atoms with E-state index in [0.717, 1.165) is 50.0 Å². The van der Waals surface area contributed by atoms with Crippen LogP contribution in [-0.2, 0) is 9.47 Å². The fourth-order valence-corrected chi connectivity index (χ4v) is 9.96. The zero-order valence-electron chi connectivity index (χ0n) is 24.3. The summed E-state index contributed by atoms with van der Waals surface area (Å²) in [5, 5.41) is 4.50. The zero-order valence-corrected chi connectivity index (χ0v) is 24.3. The van der Waals surface area contributed by atoms with Crippen LogP contribution in [0.4, 0.5) is 0 Å². The average Bonchev–Trinajstić information content (AvgIpc) is 3.22. The number of fused-ring (bicyclic) bond motifs is 5. The number of hydrogen-bond donors (Lipinski definition) is 0. The standard InChI is InChI=1S/C32H53N3O2/c1-21(2)9-8-10-22(3)25-12-13-26-30-27(15-17-32(25,26)5)31(4)16-14-24(37-29-11-6-7-18-36-29)19-23(31)20-28(30)34-35-33/h20-22,24-30H,6-19H2,1-5H3/t22-,24+,25-,26+,27+,28+,29?,30+,31+,32-/m1/s1. The quantitative estimate of drug-likeness (QED) is 0.141. The third kappa shape index (κ3) is 5.27. The minimum atomic E-state index is -0.0266. The molecule has 1 heterocycles. The highest BCUT2D eigenvalue weighted by molar-refractivity contribution is 5.29. The van der Waals surface area contributed by atoms with Gasteiger partial charge in [0.25, 0.3) is 0 Å². The van der Waals surface area contributed by atoms with E-state index in [1.807, 2.05) is 0 Å². The van der Waals surface area contributed by atoms with Crippen molar-refractivity contribution in [3.05, 3.63) is 22.1 Å².